The zero-order valence-corrected chi connectivity index (χ0v) is 13.5. The van der Waals surface area contributed by atoms with E-state index in [9.17, 15) is 14.9 Å². The van der Waals surface area contributed by atoms with Gasteiger partial charge in [-0.1, -0.05) is 0 Å². The third-order valence-electron chi connectivity index (χ3n) is 2.95. The maximum atomic E-state index is 11.9. The van der Waals surface area contributed by atoms with Crippen LogP contribution < -0.4 is 5.56 Å². The molecular weight excluding hydrogens is 283 g/mol. The SMILES string of the molecule is Cc1cc2nc(-c3ccc([N+](=O)[O-])cc3)cc(=O)n2[nH]1.[Na]. The van der Waals surface area contributed by atoms with Crippen molar-refractivity contribution in [3.63, 3.8) is 0 Å². The van der Waals surface area contributed by atoms with Crippen LogP contribution in [0.4, 0.5) is 5.69 Å². The number of hydrogen-bond donors (Lipinski definition) is 1. The molecule has 8 heteroatoms. The summed E-state index contributed by atoms with van der Waals surface area (Å²) in [6.45, 7) is 1.83. The van der Waals surface area contributed by atoms with Crippen molar-refractivity contribution in [2.24, 2.45) is 0 Å². The minimum Gasteiger partial charge on any atom is -0.294 e. The number of aromatic nitrogens is 3. The quantitative estimate of drug-likeness (QED) is 0.440. The maximum absolute atomic E-state index is 11.9. The van der Waals surface area contributed by atoms with Gasteiger partial charge in [-0.25, -0.2) is 9.50 Å². The van der Waals surface area contributed by atoms with Crippen LogP contribution in [0.5, 0.6) is 0 Å². The number of benzene rings is 1. The molecule has 0 aliphatic carbocycles. The molecule has 0 unspecified atom stereocenters. The van der Waals surface area contributed by atoms with Crippen LogP contribution in [0.1, 0.15) is 5.69 Å². The van der Waals surface area contributed by atoms with Gasteiger partial charge in [0.2, 0.25) is 0 Å². The fourth-order valence-corrected chi connectivity index (χ4v) is 2.01. The number of rotatable bonds is 2. The van der Waals surface area contributed by atoms with Crippen molar-refractivity contribution >= 4 is 40.9 Å². The first-order chi connectivity index (χ1) is 9.54. The normalized spacial score (nSPS) is 10.3. The first-order valence-corrected chi connectivity index (χ1v) is 5.89. The number of H-pyrrole nitrogens is 1. The molecule has 101 valence electrons. The van der Waals surface area contributed by atoms with Crippen molar-refractivity contribution < 1.29 is 4.92 Å². The number of aromatic amines is 1. The van der Waals surface area contributed by atoms with E-state index >= 15 is 0 Å². The van der Waals surface area contributed by atoms with Crippen molar-refractivity contribution in [1.82, 2.24) is 14.6 Å². The van der Waals surface area contributed by atoms with Gasteiger partial charge in [-0.05, 0) is 19.1 Å². The minimum atomic E-state index is -0.467. The van der Waals surface area contributed by atoms with E-state index in [1.54, 1.807) is 18.2 Å². The number of hydrogen-bond acceptors (Lipinski definition) is 4. The van der Waals surface area contributed by atoms with E-state index in [1.165, 1.54) is 22.7 Å². The van der Waals surface area contributed by atoms with Crippen LogP contribution in [0, 0.1) is 17.0 Å². The van der Waals surface area contributed by atoms with Gasteiger partial charge in [-0.2, -0.15) is 0 Å². The monoisotopic (exact) mass is 293 g/mol. The molecular formula is C13H10N4NaO3. The van der Waals surface area contributed by atoms with Crippen LogP contribution in [-0.4, -0.2) is 49.1 Å². The van der Waals surface area contributed by atoms with Crippen LogP contribution in [0.15, 0.2) is 41.2 Å². The number of aryl methyl sites for hydroxylation is 1. The average molecular weight is 293 g/mol. The summed E-state index contributed by atoms with van der Waals surface area (Å²) in [5.41, 5.74) is 2.28. The standard InChI is InChI=1S/C13H10N4O3.Na/c1-8-6-12-14-11(7-13(18)16(12)15-8)9-2-4-10(5-3-9)17(19)20;/h2-7,15H,1H3;. The van der Waals surface area contributed by atoms with E-state index in [4.69, 9.17) is 0 Å². The van der Waals surface area contributed by atoms with Crippen LogP contribution >= 0.6 is 0 Å². The fourth-order valence-electron chi connectivity index (χ4n) is 2.01. The summed E-state index contributed by atoms with van der Waals surface area (Å²) in [6, 6.07) is 9.09. The zero-order valence-electron chi connectivity index (χ0n) is 11.5. The smallest absolute Gasteiger partial charge is 0.273 e. The molecule has 3 rings (SSSR count). The maximum Gasteiger partial charge on any atom is 0.273 e. The Morgan fingerprint density at radius 2 is 1.90 bits per heavy atom. The van der Waals surface area contributed by atoms with E-state index in [1.807, 2.05) is 6.92 Å². The third-order valence-corrected chi connectivity index (χ3v) is 2.95. The van der Waals surface area contributed by atoms with E-state index in [2.05, 4.69) is 10.1 Å². The number of fused-ring (bicyclic) bond motifs is 1. The Labute approximate surface area is 141 Å². The largest absolute Gasteiger partial charge is 0.294 e. The fraction of sp³-hybridized carbons (Fsp3) is 0.0769. The molecule has 0 atom stereocenters. The molecule has 3 aromatic rings. The molecule has 7 nitrogen and oxygen atoms in total. The van der Waals surface area contributed by atoms with E-state index in [-0.39, 0.29) is 40.8 Å². The molecule has 2 aromatic heterocycles. The van der Waals surface area contributed by atoms with Gasteiger partial charge in [-0.15, -0.1) is 0 Å². The summed E-state index contributed by atoms with van der Waals surface area (Å²) in [4.78, 5) is 26.5. The van der Waals surface area contributed by atoms with Gasteiger partial charge < -0.3 is 0 Å². The Bertz CT molecular complexity index is 867. The summed E-state index contributed by atoms with van der Waals surface area (Å²) in [7, 11) is 0. The van der Waals surface area contributed by atoms with Crippen LogP contribution in [0.2, 0.25) is 0 Å². The molecule has 0 amide bonds. The molecule has 0 saturated carbocycles. The zero-order chi connectivity index (χ0) is 14.3. The second kappa shape index (κ2) is 5.80. The summed E-state index contributed by atoms with van der Waals surface area (Å²) in [6.07, 6.45) is 0. The summed E-state index contributed by atoms with van der Waals surface area (Å²) >= 11 is 0. The Kier molecular flexibility index (Phi) is 4.26. The van der Waals surface area contributed by atoms with E-state index in [0.717, 1.165) is 5.69 Å². The molecule has 0 spiro atoms. The Balaban J connectivity index is 0.00000161. The van der Waals surface area contributed by atoms with Crippen molar-refractivity contribution in [1.29, 1.82) is 0 Å². The third kappa shape index (κ3) is 2.90. The number of nitrogens with one attached hydrogen (secondary N) is 1. The molecule has 1 N–H and O–H groups in total. The van der Waals surface area contributed by atoms with E-state index < -0.39 is 4.92 Å². The Morgan fingerprint density at radius 3 is 2.52 bits per heavy atom. The first kappa shape index (κ1) is 15.4. The van der Waals surface area contributed by atoms with Gasteiger partial charge in [-0.3, -0.25) is 20.0 Å². The molecule has 2 heterocycles. The van der Waals surface area contributed by atoms with Crippen LogP contribution in [-0.2, 0) is 0 Å². The van der Waals surface area contributed by atoms with Gasteiger partial charge >= 0.3 is 0 Å². The topological polar surface area (TPSA) is 93.3 Å². The van der Waals surface area contributed by atoms with Crippen molar-refractivity contribution in [3.05, 3.63) is 62.6 Å². The predicted octanol–water partition coefficient (Wildman–Crippen LogP) is 1.53. The second-order valence-electron chi connectivity index (χ2n) is 4.42. The summed E-state index contributed by atoms with van der Waals surface area (Å²) in [5, 5.41) is 13.5. The van der Waals surface area contributed by atoms with E-state index in [0.29, 0.717) is 16.9 Å². The average Bonchev–Trinajstić information content (AvgIpc) is 2.80. The number of non-ortho nitro benzene ring substituents is 1. The second-order valence-corrected chi connectivity index (χ2v) is 4.42. The van der Waals surface area contributed by atoms with Gasteiger partial charge in [0.15, 0.2) is 5.65 Å². The number of nitrogens with zero attached hydrogens (tertiary/aromatic N) is 3. The molecule has 1 radical (unpaired) electrons. The van der Waals surface area contributed by atoms with Crippen molar-refractivity contribution in [2.75, 3.05) is 0 Å². The van der Waals surface area contributed by atoms with Crippen molar-refractivity contribution in [3.8, 4) is 11.3 Å². The minimum absolute atomic E-state index is 0. The van der Waals surface area contributed by atoms with Gasteiger partial charge in [0.1, 0.15) is 0 Å². The summed E-state index contributed by atoms with van der Waals surface area (Å²) in [5.74, 6) is 0. The molecule has 0 fully saturated rings. The van der Waals surface area contributed by atoms with Crippen molar-refractivity contribution in [2.45, 2.75) is 6.92 Å². The Hall–Kier alpha value is -1.96. The Morgan fingerprint density at radius 1 is 1.24 bits per heavy atom. The summed E-state index contributed by atoms with van der Waals surface area (Å²) < 4.78 is 1.35. The molecule has 1 aromatic carbocycles. The molecule has 0 aliphatic heterocycles. The molecule has 0 saturated heterocycles. The molecule has 21 heavy (non-hydrogen) atoms. The van der Waals surface area contributed by atoms with Gasteiger partial charge in [0, 0.05) is 65.1 Å². The predicted molar refractivity (Wildman–Crippen MR) is 78.4 cm³/mol. The molecule has 0 bridgehead atoms. The van der Waals surface area contributed by atoms with Gasteiger partial charge in [0.25, 0.3) is 11.2 Å². The van der Waals surface area contributed by atoms with Crippen LogP contribution in [0.25, 0.3) is 16.9 Å². The molecule has 0 aliphatic rings. The van der Waals surface area contributed by atoms with Gasteiger partial charge in [0.05, 0.1) is 10.6 Å². The first-order valence-electron chi connectivity index (χ1n) is 5.89. The number of nitro benzene ring substituents is 1. The number of nitro groups is 1. The van der Waals surface area contributed by atoms with Crippen LogP contribution in [0.3, 0.4) is 0 Å².